The number of hydrogen-bond acceptors (Lipinski definition) is 3. The Hall–Kier alpha value is -1.22. The molecule has 0 radical (unpaired) electrons. The Kier molecular flexibility index (Phi) is 3.34. The van der Waals surface area contributed by atoms with Gasteiger partial charge in [-0.1, -0.05) is 6.07 Å². The molecular weight excluding hydrogens is 202 g/mol. The van der Waals surface area contributed by atoms with Crippen LogP contribution in [0.1, 0.15) is 31.4 Å². The van der Waals surface area contributed by atoms with E-state index < -0.39 is 0 Å². The van der Waals surface area contributed by atoms with E-state index in [0.717, 1.165) is 11.5 Å². The second-order valence-corrected chi connectivity index (χ2v) is 4.28. The van der Waals surface area contributed by atoms with Gasteiger partial charge in [-0.15, -0.1) is 0 Å². The molecule has 0 saturated heterocycles. The lowest BCUT2D eigenvalue weighted by atomic mass is 10.1. The Morgan fingerprint density at radius 1 is 1.19 bits per heavy atom. The molecule has 0 amide bonds. The summed E-state index contributed by atoms with van der Waals surface area (Å²) in [6.07, 6.45) is 2.61. The standard InChI is InChI=1S/C13H19NO2/c1-9(14-11-5-6-11)10-4-7-12(15-2)13(8-10)16-3/h4,7-9,11,14H,5-6H2,1-3H3/t9-/m0/s1. The molecule has 1 aromatic rings. The van der Waals surface area contributed by atoms with E-state index >= 15 is 0 Å². The highest BCUT2D eigenvalue weighted by atomic mass is 16.5. The number of nitrogens with one attached hydrogen (secondary N) is 1. The van der Waals surface area contributed by atoms with Crippen molar-refractivity contribution in [2.24, 2.45) is 0 Å². The van der Waals surface area contributed by atoms with Gasteiger partial charge < -0.3 is 14.8 Å². The van der Waals surface area contributed by atoms with Crippen molar-refractivity contribution in [3.8, 4) is 11.5 Å². The molecule has 2 rings (SSSR count). The van der Waals surface area contributed by atoms with Crippen LogP contribution in [0.25, 0.3) is 0 Å². The summed E-state index contributed by atoms with van der Waals surface area (Å²) in [6, 6.07) is 7.16. The molecule has 1 atom stereocenters. The summed E-state index contributed by atoms with van der Waals surface area (Å²) in [7, 11) is 3.32. The van der Waals surface area contributed by atoms with Gasteiger partial charge in [0.1, 0.15) is 0 Å². The molecule has 0 heterocycles. The van der Waals surface area contributed by atoms with Crippen molar-refractivity contribution in [3.05, 3.63) is 23.8 Å². The molecule has 0 aliphatic heterocycles. The molecule has 1 aromatic carbocycles. The lowest BCUT2D eigenvalue weighted by Gasteiger charge is -2.16. The van der Waals surface area contributed by atoms with Crippen LogP contribution in [0.3, 0.4) is 0 Å². The molecule has 3 heteroatoms. The topological polar surface area (TPSA) is 30.5 Å². The minimum absolute atomic E-state index is 0.368. The molecule has 88 valence electrons. The normalized spacial score (nSPS) is 16.9. The Labute approximate surface area is 96.8 Å². The SMILES string of the molecule is COc1ccc([C@H](C)NC2CC2)cc1OC. The molecule has 0 unspecified atom stereocenters. The first kappa shape index (κ1) is 11.3. The monoisotopic (exact) mass is 221 g/mol. The van der Waals surface area contributed by atoms with Crippen molar-refractivity contribution < 1.29 is 9.47 Å². The first-order chi connectivity index (χ1) is 7.74. The molecule has 3 nitrogen and oxygen atoms in total. The summed E-state index contributed by atoms with van der Waals surface area (Å²) in [5, 5.41) is 3.56. The van der Waals surface area contributed by atoms with Crippen LogP contribution in [0.4, 0.5) is 0 Å². The van der Waals surface area contributed by atoms with Gasteiger partial charge in [0.15, 0.2) is 11.5 Å². The first-order valence-electron chi connectivity index (χ1n) is 5.72. The van der Waals surface area contributed by atoms with Crippen molar-refractivity contribution >= 4 is 0 Å². The highest BCUT2D eigenvalue weighted by molar-refractivity contribution is 5.43. The Balaban J connectivity index is 2.13. The fourth-order valence-electron chi connectivity index (χ4n) is 1.82. The van der Waals surface area contributed by atoms with Crippen LogP contribution in [0.5, 0.6) is 11.5 Å². The first-order valence-corrected chi connectivity index (χ1v) is 5.72. The van der Waals surface area contributed by atoms with Crippen LogP contribution in [0, 0.1) is 0 Å². The lowest BCUT2D eigenvalue weighted by molar-refractivity contribution is 0.354. The zero-order chi connectivity index (χ0) is 11.5. The van der Waals surface area contributed by atoms with Gasteiger partial charge in [-0.2, -0.15) is 0 Å². The van der Waals surface area contributed by atoms with Gasteiger partial charge in [0.2, 0.25) is 0 Å². The number of benzene rings is 1. The van der Waals surface area contributed by atoms with Gasteiger partial charge >= 0.3 is 0 Å². The van der Waals surface area contributed by atoms with Crippen LogP contribution < -0.4 is 14.8 Å². The number of methoxy groups -OCH3 is 2. The zero-order valence-corrected chi connectivity index (χ0v) is 10.1. The summed E-state index contributed by atoms with van der Waals surface area (Å²) in [5.41, 5.74) is 1.24. The lowest BCUT2D eigenvalue weighted by Crippen LogP contribution is -2.20. The number of rotatable bonds is 5. The zero-order valence-electron chi connectivity index (χ0n) is 10.1. The maximum absolute atomic E-state index is 5.29. The van der Waals surface area contributed by atoms with Crippen molar-refractivity contribution in [2.45, 2.75) is 31.8 Å². The predicted molar refractivity (Wildman–Crippen MR) is 64.1 cm³/mol. The quantitative estimate of drug-likeness (QED) is 0.828. The van der Waals surface area contributed by atoms with E-state index in [4.69, 9.17) is 9.47 Å². The fourth-order valence-corrected chi connectivity index (χ4v) is 1.82. The molecule has 0 aromatic heterocycles. The predicted octanol–water partition coefficient (Wildman–Crippen LogP) is 2.52. The summed E-state index contributed by atoms with van der Waals surface area (Å²) in [4.78, 5) is 0. The fraction of sp³-hybridized carbons (Fsp3) is 0.538. The van der Waals surface area contributed by atoms with Crippen LogP contribution in [0.2, 0.25) is 0 Å². The average Bonchev–Trinajstić information content (AvgIpc) is 3.11. The minimum Gasteiger partial charge on any atom is -0.493 e. The maximum atomic E-state index is 5.29. The van der Waals surface area contributed by atoms with E-state index in [-0.39, 0.29) is 0 Å². The van der Waals surface area contributed by atoms with E-state index in [1.807, 2.05) is 12.1 Å². The van der Waals surface area contributed by atoms with Crippen LogP contribution >= 0.6 is 0 Å². The summed E-state index contributed by atoms with van der Waals surface area (Å²) >= 11 is 0. The van der Waals surface area contributed by atoms with E-state index in [1.165, 1.54) is 18.4 Å². The van der Waals surface area contributed by atoms with E-state index in [1.54, 1.807) is 14.2 Å². The van der Waals surface area contributed by atoms with Crippen molar-refractivity contribution in [2.75, 3.05) is 14.2 Å². The minimum atomic E-state index is 0.368. The molecule has 1 aliphatic carbocycles. The summed E-state index contributed by atoms with van der Waals surface area (Å²) in [6.45, 7) is 2.18. The molecule has 0 spiro atoms. The van der Waals surface area contributed by atoms with Gasteiger partial charge in [0.25, 0.3) is 0 Å². The van der Waals surface area contributed by atoms with Crippen LogP contribution in [-0.4, -0.2) is 20.3 Å². The summed E-state index contributed by atoms with van der Waals surface area (Å²) in [5.74, 6) is 1.58. The molecule has 1 aliphatic rings. The largest absolute Gasteiger partial charge is 0.493 e. The maximum Gasteiger partial charge on any atom is 0.161 e. The average molecular weight is 221 g/mol. The van der Waals surface area contributed by atoms with Gasteiger partial charge in [-0.25, -0.2) is 0 Å². The molecular formula is C13H19NO2. The van der Waals surface area contributed by atoms with Crippen molar-refractivity contribution in [3.63, 3.8) is 0 Å². The Morgan fingerprint density at radius 2 is 1.88 bits per heavy atom. The van der Waals surface area contributed by atoms with E-state index in [2.05, 4.69) is 18.3 Å². The van der Waals surface area contributed by atoms with Gasteiger partial charge in [-0.3, -0.25) is 0 Å². The Bertz CT molecular complexity index is 361. The third-order valence-electron chi connectivity index (χ3n) is 2.97. The highest BCUT2D eigenvalue weighted by Gasteiger charge is 2.23. The second-order valence-electron chi connectivity index (χ2n) is 4.28. The van der Waals surface area contributed by atoms with Crippen LogP contribution in [0.15, 0.2) is 18.2 Å². The molecule has 1 saturated carbocycles. The molecule has 0 bridgehead atoms. The molecule has 16 heavy (non-hydrogen) atoms. The van der Waals surface area contributed by atoms with Crippen LogP contribution in [-0.2, 0) is 0 Å². The van der Waals surface area contributed by atoms with Gasteiger partial charge in [0.05, 0.1) is 14.2 Å². The smallest absolute Gasteiger partial charge is 0.161 e. The van der Waals surface area contributed by atoms with E-state index in [0.29, 0.717) is 12.1 Å². The van der Waals surface area contributed by atoms with Gasteiger partial charge in [0, 0.05) is 12.1 Å². The van der Waals surface area contributed by atoms with Crippen molar-refractivity contribution in [1.29, 1.82) is 0 Å². The van der Waals surface area contributed by atoms with E-state index in [9.17, 15) is 0 Å². The van der Waals surface area contributed by atoms with Gasteiger partial charge in [-0.05, 0) is 37.5 Å². The second kappa shape index (κ2) is 4.74. The number of hydrogen-bond donors (Lipinski definition) is 1. The highest BCUT2D eigenvalue weighted by Crippen LogP contribution is 2.31. The number of ether oxygens (including phenoxy) is 2. The Morgan fingerprint density at radius 3 is 2.44 bits per heavy atom. The third-order valence-corrected chi connectivity index (χ3v) is 2.97. The van der Waals surface area contributed by atoms with Crippen molar-refractivity contribution in [1.82, 2.24) is 5.32 Å². The third kappa shape index (κ3) is 2.47. The summed E-state index contributed by atoms with van der Waals surface area (Å²) < 4.78 is 10.5. The molecule has 1 fully saturated rings. The molecule has 1 N–H and O–H groups in total.